The molecule has 26 heavy (non-hydrogen) atoms. The highest BCUT2D eigenvalue weighted by Gasteiger charge is 2.37. The second-order valence-corrected chi connectivity index (χ2v) is 7.87. The summed E-state index contributed by atoms with van der Waals surface area (Å²) in [6.45, 7) is 1.93. The Labute approximate surface area is 152 Å². The molecule has 136 valence electrons. The van der Waals surface area contributed by atoms with Crippen molar-refractivity contribution in [1.29, 1.82) is 0 Å². The first kappa shape index (κ1) is 18.1. The molecule has 0 atom stereocenters. The van der Waals surface area contributed by atoms with Crippen molar-refractivity contribution in [2.75, 3.05) is 18.5 Å². The number of imide groups is 1. The van der Waals surface area contributed by atoms with Crippen LogP contribution in [0.2, 0.25) is 0 Å². The number of hydrogen-bond acceptors (Lipinski definition) is 4. The molecule has 1 N–H and O–H groups in total. The molecular formula is C18H19N3O4S. The number of carbonyl (C=O) groups is 2. The zero-order valence-corrected chi connectivity index (χ0v) is 15.3. The van der Waals surface area contributed by atoms with E-state index in [1.54, 1.807) is 19.1 Å². The summed E-state index contributed by atoms with van der Waals surface area (Å²) in [5, 5.41) is 0. The Balaban J connectivity index is 1.91. The van der Waals surface area contributed by atoms with Gasteiger partial charge < -0.3 is 4.90 Å². The number of sulfonamides is 1. The Bertz CT molecular complexity index is 958. The second kappa shape index (κ2) is 6.89. The van der Waals surface area contributed by atoms with Crippen LogP contribution in [-0.2, 0) is 21.4 Å². The summed E-state index contributed by atoms with van der Waals surface area (Å²) < 4.78 is 26.5. The fourth-order valence-electron chi connectivity index (χ4n) is 2.86. The van der Waals surface area contributed by atoms with Crippen molar-refractivity contribution < 1.29 is 18.0 Å². The standard InChI is InChI=1S/C18H19N3O4S/c1-13-8-9-15(10-16(13)26(24,25)19-2)21-17(22)12-20(18(21)23)11-14-6-4-3-5-7-14/h3-10,19H,11-12H2,1-2H3. The number of benzene rings is 2. The van der Waals surface area contributed by atoms with Gasteiger partial charge in [-0.05, 0) is 37.2 Å². The monoisotopic (exact) mass is 373 g/mol. The van der Waals surface area contributed by atoms with Crippen LogP contribution in [0.4, 0.5) is 10.5 Å². The van der Waals surface area contributed by atoms with Crippen molar-refractivity contribution in [3.8, 4) is 0 Å². The minimum Gasteiger partial charge on any atom is -0.310 e. The topological polar surface area (TPSA) is 86.8 Å². The number of nitrogens with one attached hydrogen (secondary N) is 1. The van der Waals surface area contributed by atoms with E-state index in [0.717, 1.165) is 10.5 Å². The molecular weight excluding hydrogens is 354 g/mol. The van der Waals surface area contributed by atoms with E-state index in [1.165, 1.54) is 18.0 Å². The third kappa shape index (κ3) is 3.33. The molecule has 3 rings (SSSR count). The molecule has 7 nitrogen and oxygen atoms in total. The molecule has 0 unspecified atom stereocenters. The van der Waals surface area contributed by atoms with E-state index in [2.05, 4.69) is 4.72 Å². The Hall–Kier alpha value is -2.71. The SMILES string of the molecule is CNS(=O)(=O)c1cc(N2C(=O)CN(Cc3ccccc3)C2=O)ccc1C. The number of rotatable bonds is 5. The molecule has 0 aromatic heterocycles. The normalized spacial score (nSPS) is 15.0. The van der Waals surface area contributed by atoms with E-state index in [4.69, 9.17) is 0 Å². The van der Waals surface area contributed by atoms with Crippen LogP contribution >= 0.6 is 0 Å². The zero-order valence-electron chi connectivity index (χ0n) is 14.5. The Morgan fingerprint density at radius 1 is 1.08 bits per heavy atom. The fourth-order valence-corrected chi connectivity index (χ4v) is 3.85. The van der Waals surface area contributed by atoms with Gasteiger partial charge >= 0.3 is 6.03 Å². The predicted octanol–water partition coefficient (Wildman–Crippen LogP) is 1.87. The lowest BCUT2D eigenvalue weighted by Crippen LogP contribution is -2.33. The van der Waals surface area contributed by atoms with Gasteiger partial charge in [-0.2, -0.15) is 0 Å². The Morgan fingerprint density at radius 2 is 1.77 bits per heavy atom. The molecule has 3 amide bonds. The molecule has 0 aliphatic carbocycles. The maximum Gasteiger partial charge on any atom is 0.332 e. The average Bonchev–Trinajstić information content (AvgIpc) is 2.90. The first-order valence-corrected chi connectivity index (χ1v) is 9.52. The minimum absolute atomic E-state index is 0.0413. The first-order valence-electron chi connectivity index (χ1n) is 8.03. The molecule has 1 saturated heterocycles. The Morgan fingerprint density at radius 3 is 2.42 bits per heavy atom. The summed E-state index contributed by atoms with van der Waals surface area (Å²) in [7, 11) is -2.38. The average molecular weight is 373 g/mol. The van der Waals surface area contributed by atoms with Crippen LogP contribution < -0.4 is 9.62 Å². The van der Waals surface area contributed by atoms with Gasteiger partial charge in [0.15, 0.2) is 0 Å². The first-order chi connectivity index (χ1) is 12.3. The predicted molar refractivity (Wildman–Crippen MR) is 97.2 cm³/mol. The third-order valence-electron chi connectivity index (χ3n) is 4.24. The van der Waals surface area contributed by atoms with Crippen molar-refractivity contribution in [3.63, 3.8) is 0 Å². The lowest BCUT2D eigenvalue weighted by Gasteiger charge is -2.18. The molecule has 1 fully saturated rings. The van der Waals surface area contributed by atoms with E-state index < -0.39 is 16.1 Å². The van der Waals surface area contributed by atoms with E-state index in [0.29, 0.717) is 12.1 Å². The molecule has 0 spiro atoms. The molecule has 8 heteroatoms. The van der Waals surface area contributed by atoms with Gasteiger partial charge in [-0.15, -0.1) is 0 Å². The van der Waals surface area contributed by atoms with Crippen molar-refractivity contribution in [2.24, 2.45) is 0 Å². The molecule has 2 aromatic carbocycles. The van der Waals surface area contributed by atoms with Crippen molar-refractivity contribution >= 4 is 27.6 Å². The van der Waals surface area contributed by atoms with Crippen molar-refractivity contribution in [2.45, 2.75) is 18.4 Å². The number of hydrogen-bond donors (Lipinski definition) is 1. The van der Waals surface area contributed by atoms with Crippen LogP contribution in [0.15, 0.2) is 53.4 Å². The van der Waals surface area contributed by atoms with Gasteiger partial charge in [-0.1, -0.05) is 36.4 Å². The number of aryl methyl sites for hydroxylation is 1. The summed E-state index contributed by atoms with van der Waals surface area (Å²) in [5.74, 6) is -0.386. The van der Waals surface area contributed by atoms with Crippen molar-refractivity contribution in [1.82, 2.24) is 9.62 Å². The summed E-state index contributed by atoms with van der Waals surface area (Å²) >= 11 is 0. The highest BCUT2D eigenvalue weighted by molar-refractivity contribution is 7.89. The van der Waals surface area contributed by atoms with Gasteiger partial charge in [-0.3, -0.25) is 4.79 Å². The molecule has 0 radical (unpaired) electrons. The summed E-state index contributed by atoms with van der Waals surface area (Å²) in [6, 6.07) is 13.4. The summed E-state index contributed by atoms with van der Waals surface area (Å²) in [5.41, 5.74) is 1.69. The number of urea groups is 1. The van der Waals surface area contributed by atoms with Crippen LogP contribution in [0.25, 0.3) is 0 Å². The zero-order chi connectivity index (χ0) is 18.9. The smallest absolute Gasteiger partial charge is 0.310 e. The van der Waals surface area contributed by atoms with Crippen LogP contribution in [0.5, 0.6) is 0 Å². The van der Waals surface area contributed by atoms with Gasteiger partial charge in [0.1, 0.15) is 6.54 Å². The van der Waals surface area contributed by atoms with Crippen molar-refractivity contribution in [3.05, 3.63) is 59.7 Å². The maximum absolute atomic E-state index is 12.7. The number of nitrogens with zero attached hydrogens (tertiary/aromatic N) is 2. The number of amides is 3. The van der Waals surface area contributed by atoms with Crippen LogP contribution in [-0.4, -0.2) is 38.8 Å². The largest absolute Gasteiger partial charge is 0.332 e. The van der Waals surface area contributed by atoms with E-state index in [-0.39, 0.29) is 23.0 Å². The van der Waals surface area contributed by atoms with Gasteiger partial charge in [-0.25, -0.2) is 22.8 Å². The van der Waals surface area contributed by atoms with Crippen LogP contribution in [0, 0.1) is 6.92 Å². The molecule has 1 aliphatic heterocycles. The van der Waals surface area contributed by atoms with Gasteiger partial charge in [0.25, 0.3) is 5.91 Å². The molecule has 0 bridgehead atoms. The lowest BCUT2D eigenvalue weighted by molar-refractivity contribution is -0.116. The summed E-state index contributed by atoms with van der Waals surface area (Å²) in [6.07, 6.45) is 0. The lowest BCUT2D eigenvalue weighted by atomic mass is 10.2. The highest BCUT2D eigenvalue weighted by atomic mass is 32.2. The van der Waals surface area contributed by atoms with E-state index in [1.807, 2.05) is 30.3 Å². The minimum atomic E-state index is -3.69. The number of carbonyl (C=O) groups excluding carboxylic acids is 2. The third-order valence-corrected chi connectivity index (χ3v) is 5.80. The molecule has 0 saturated carbocycles. The Kier molecular flexibility index (Phi) is 4.80. The maximum atomic E-state index is 12.7. The van der Waals surface area contributed by atoms with E-state index >= 15 is 0 Å². The summed E-state index contributed by atoms with van der Waals surface area (Å²) in [4.78, 5) is 27.6. The van der Waals surface area contributed by atoms with E-state index in [9.17, 15) is 18.0 Å². The fraction of sp³-hybridized carbons (Fsp3) is 0.222. The second-order valence-electron chi connectivity index (χ2n) is 6.01. The quantitative estimate of drug-likeness (QED) is 0.811. The van der Waals surface area contributed by atoms with Crippen LogP contribution in [0.1, 0.15) is 11.1 Å². The van der Waals surface area contributed by atoms with Gasteiger partial charge in [0, 0.05) is 6.54 Å². The van der Waals surface area contributed by atoms with Gasteiger partial charge in [0.2, 0.25) is 10.0 Å². The molecule has 2 aromatic rings. The number of anilines is 1. The van der Waals surface area contributed by atoms with Crippen LogP contribution in [0.3, 0.4) is 0 Å². The highest BCUT2D eigenvalue weighted by Crippen LogP contribution is 2.27. The molecule has 1 heterocycles. The van der Waals surface area contributed by atoms with Gasteiger partial charge in [0.05, 0.1) is 10.6 Å². The molecule has 1 aliphatic rings.